The molecule has 148 valence electrons. The number of halogens is 1. The minimum absolute atomic E-state index is 0. The third-order valence-corrected chi connectivity index (χ3v) is 3.72. The predicted molar refractivity (Wildman–Crippen MR) is 108 cm³/mol. The quantitative estimate of drug-likeness (QED) is 0.537. The van der Waals surface area contributed by atoms with Gasteiger partial charge in [0.2, 0.25) is 0 Å². The van der Waals surface area contributed by atoms with Gasteiger partial charge in [0, 0.05) is 6.04 Å². The highest BCUT2D eigenvalue weighted by molar-refractivity contribution is 5.92. The number of benzene rings is 2. The summed E-state index contributed by atoms with van der Waals surface area (Å²) in [6.07, 6.45) is 0.359. The van der Waals surface area contributed by atoms with E-state index in [1.807, 2.05) is 37.3 Å². The monoisotopic (exact) mass is 393 g/mol. The lowest BCUT2D eigenvalue weighted by molar-refractivity contribution is -0.301. The number of carbonyl (C=O) groups excluding carboxylic acids is 1. The van der Waals surface area contributed by atoms with Gasteiger partial charge in [0.15, 0.2) is 0 Å². The smallest absolute Gasteiger partial charge is 0.376 e. The Hall–Kier alpha value is -2.08. The van der Waals surface area contributed by atoms with Gasteiger partial charge in [-0.2, -0.15) is 4.89 Å². The van der Waals surface area contributed by atoms with Crippen molar-refractivity contribution >= 4 is 18.4 Å². The molecule has 0 spiro atoms. The molecule has 0 fully saturated rings. The summed E-state index contributed by atoms with van der Waals surface area (Å²) >= 11 is 0. The van der Waals surface area contributed by atoms with Gasteiger partial charge in [0.25, 0.3) is 0 Å². The van der Waals surface area contributed by atoms with Gasteiger partial charge in [-0.15, -0.1) is 12.4 Å². The molecule has 0 aliphatic carbocycles. The third-order valence-electron chi connectivity index (χ3n) is 3.72. The molecule has 2 atom stereocenters. The second-order valence-corrected chi connectivity index (χ2v) is 7.08. The first-order valence-corrected chi connectivity index (χ1v) is 8.78. The van der Waals surface area contributed by atoms with E-state index in [1.165, 1.54) is 0 Å². The topological polar surface area (TPSA) is 70.8 Å². The van der Waals surface area contributed by atoms with Crippen molar-refractivity contribution in [3.63, 3.8) is 0 Å². The molecule has 2 rings (SSSR count). The maximum atomic E-state index is 12.4. The van der Waals surface area contributed by atoms with Crippen LogP contribution in [0, 0.1) is 0 Å². The molecule has 2 aromatic rings. The molecule has 6 heteroatoms. The molecular weight excluding hydrogens is 366 g/mol. The van der Waals surface area contributed by atoms with Crippen LogP contribution in [0.25, 0.3) is 0 Å². The SMILES string of the molecule is CCC(N)C(Oc1ccccc1C(=O)OOC(C)(C)C)c1ccccc1.Cl. The lowest BCUT2D eigenvalue weighted by Gasteiger charge is -2.25. The van der Waals surface area contributed by atoms with E-state index in [-0.39, 0.29) is 24.6 Å². The van der Waals surface area contributed by atoms with Gasteiger partial charge < -0.3 is 10.5 Å². The third kappa shape index (κ3) is 6.86. The zero-order valence-corrected chi connectivity index (χ0v) is 17.0. The van der Waals surface area contributed by atoms with E-state index < -0.39 is 11.6 Å². The standard InChI is InChI=1S/C21H27NO4.ClH/c1-5-17(22)19(15-11-7-6-8-12-15)24-18-14-10-9-13-16(18)20(23)25-26-21(2,3)4;/h6-14,17,19H,5,22H2,1-4H3;1H. The lowest BCUT2D eigenvalue weighted by Crippen LogP contribution is -2.32. The number of carbonyl (C=O) groups is 1. The summed E-state index contributed by atoms with van der Waals surface area (Å²) < 4.78 is 6.16. The summed E-state index contributed by atoms with van der Waals surface area (Å²) in [6, 6.07) is 16.4. The normalized spacial score (nSPS) is 13.2. The average molecular weight is 394 g/mol. The first-order valence-electron chi connectivity index (χ1n) is 8.78. The van der Waals surface area contributed by atoms with Gasteiger partial charge in [-0.3, -0.25) is 4.89 Å². The molecular formula is C21H28ClNO4. The van der Waals surface area contributed by atoms with Gasteiger partial charge in [-0.1, -0.05) is 49.4 Å². The Balaban J connectivity index is 0.00000364. The summed E-state index contributed by atoms with van der Waals surface area (Å²) in [7, 11) is 0. The van der Waals surface area contributed by atoms with Crippen molar-refractivity contribution in [3.05, 3.63) is 65.7 Å². The van der Waals surface area contributed by atoms with Crippen molar-refractivity contribution < 1.29 is 19.3 Å². The summed E-state index contributed by atoms with van der Waals surface area (Å²) in [5.41, 5.74) is 6.93. The zero-order valence-electron chi connectivity index (χ0n) is 16.2. The van der Waals surface area contributed by atoms with Crippen LogP contribution in [-0.2, 0) is 9.78 Å². The van der Waals surface area contributed by atoms with Crippen LogP contribution in [0.15, 0.2) is 54.6 Å². The van der Waals surface area contributed by atoms with E-state index >= 15 is 0 Å². The zero-order chi connectivity index (χ0) is 19.2. The molecule has 0 saturated carbocycles. The molecule has 0 aromatic heterocycles. The fourth-order valence-electron chi connectivity index (χ4n) is 2.34. The number of ether oxygens (including phenoxy) is 1. The summed E-state index contributed by atoms with van der Waals surface area (Å²) in [4.78, 5) is 22.5. The highest BCUT2D eigenvalue weighted by Gasteiger charge is 2.24. The molecule has 0 amide bonds. The van der Waals surface area contributed by atoms with E-state index in [0.29, 0.717) is 11.3 Å². The largest absolute Gasteiger partial charge is 0.483 e. The van der Waals surface area contributed by atoms with Gasteiger partial charge >= 0.3 is 5.97 Å². The Morgan fingerprint density at radius 2 is 1.63 bits per heavy atom. The fraction of sp³-hybridized carbons (Fsp3) is 0.381. The Morgan fingerprint density at radius 3 is 2.22 bits per heavy atom. The van der Waals surface area contributed by atoms with Crippen LogP contribution < -0.4 is 10.5 Å². The van der Waals surface area contributed by atoms with E-state index in [0.717, 1.165) is 12.0 Å². The number of hydrogen-bond acceptors (Lipinski definition) is 5. The second kappa shape index (κ2) is 10.3. The van der Waals surface area contributed by atoms with Crippen LogP contribution in [0.3, 0.4) is 0 Å². The molecule has 2 N–H and O–H groups in total. The lowest BCUT2D eigenvalue weighted by atomic mass is 10.0. The molecule has 27 heavy (non-hydrogen) atoms. The van der Waals surface area contributed by atoms with Crippen LogP contribution in [0.2, 0.25) is 0 Å². The van der Waals surface area contributed by atoms with Crippen LogP contribution in [0.1, 0.15) is 56.1 Å². The first kappa shape index (κ1) is 23.0. The van der Waals surface area contributed by atoms with Crippen LogP contribution >= 0.6 is 12.4 Å². The van der Waals surface area contributed by atoms with Crippen LogP contribution in [0.4, 0.5) is 0 Å². The van der Waals surface area contributed by atoms with Gasteiger partial charge in [-0.25, -0.2) is 4.79 Å². The molecule has 5 nitrogen and oxygen atoms in total. The maximum Gasteiger partial charge on any atom is 0.376 e. The molecule has 0 bridgehead atoms. The van der Waals surface area contributed by atoms with E-state index in [9.17, 15) is 4.79 Å². The molecule has 0 heterocycles. The van der Waals surface area contributed by atoms with Crippen molar-refractivity contribution in [1.82, 2.24) is 0 Å². The van der Waals surface area contributed by atoms with Gasteiger partial charge in [0.1, 0.15) is 23.0 Å². The highest BCUT2D eigenvalue weighted by atomic mass is 35.5. The minimum Gasteiger partial charge on any atom is -0.483 e. The molecule has 0 radical (unpaired) electrons. The Bertz CT molecular complexity index is 716. The van der Waals surface area contributed by atoms with Crippen molar-refractivity contribution in [1.29, 1.82) is 0 Å². The molecule has 0 aliphatic rings. The fourth-order valence-corrected chi connectivity index (χ4v) is 2.34. The number of hydrogen-bond donors (Lipinski definition) is 1. The molecule has 0 aliphatic heterocycles. The average Bonchev–Trinajstić information content (AvgIpc) is 2.64. The maximum absolute atomic E-state index is 12.4. The minimum atomic E-state index is -0.604. The number of para-hydroxylation sites is 1. The van der Waals surface area contributed by atoms with Crippen molar-refractivity contribution in [2.75, 3.05) is 0 Å². The van der Waals surface area contributed by atoms with Crippen molar-refractivity contribution in [2.45, 2.75) is 51.9 Å². The van der Waals surface area contributed by atoms with Gasteiger partial charge in [0.05, 0.1) is 0 Å². The Labute approximate surface area is 167 Å². The highest BCUT2D eigenvalue weighted by Crippen LogP contribution is 2.29. The molecule has 2 aromatic carbocycles. The second-order valence-electron chi connectivity index (χ2n) is 7.08. The van der Waals surface area contributed by atoms with E-state index in [1.54, 1.807) is 45.0 Å². The summed E-state index contributed by atoms with van der Waals surface area (Å²) in [6.45, 7) is 7.40. The van der Waals surface area contributed by atoms with E-state index in [2.05, 4.69) is 0 Å². The predicted octanol–water partition coefficient (Wildman–Crippen LogP) is 4.85. The van der Waals surface area contributed by atoms with Crippen molar-refractivity contribution in [2.24, 2.45) is 5.73 Å². The summed E-state index contributed by atoms with van der Waals surface area (Å²) in [5.74, 6) is -0.194. The Kier molecular flexibility index (Phi) is 8.76. The Morgan fingerprint density at radius 1 is 1.04 bits per heavy atom. The van der Waals surface area contributed by atoms with Crippen LogP contribution in [-0.4, -0.2) is 17.6 Å². The van der Waals surface area contributed by atoms with E-state index in [4.69, 9.17) is 20.2 Å². The molecule has 0 saturated heterocycles. The summed E-state index contributed by atoms with van der Waals surface area (Å²) in [5, 5.41) is 0. The number of nitrogens with two attached hydrogens (primary N) is 1. The van der Waals surface area contributed by atoms with Crippen molar-refractivity contribution in [3.8, 4) is 5.75 Å². The molecule has 2 unspecified atom stereocenters. The first-order chi connectivity index (χ1) is 12.3. The van der Waals surface area contributed by atoms with Gasteiger partial charge in [-0.05, 0) is 44.9 Å². The van der Waals surface area contributed by atoms with Crippen LogP contribution in [0.5, 0.6) is 5.75 Å². The number of rotatable bonds is 7.